The summed E-state index contributed by atoms with van der Waals surface area (Å²) in [6.07, 6.45) is -7.80. The first kappa shape index (κ1) is 20.7. The predicted octanol–water partition coefficient (Wildman–Crippen LogP) is 3.94. The molecule has 0 amide bonds. The van der Waals surface area contributed by atoms with Gasteiger partial charge in [-0.05, 0) is 58.0 Å². The number of methoxy groups -OCH3 is 1. The fourth-order valence-corrected chi connectivity index (χ4v) is 9.16. The van der Waals surface area contributed by atoms with Gasteiger partial charge >= 0.3 is 0 Å². The van der Waals surface area contributed by atoms with Crippen LogP contribution in [0.2, 0.25) is 13.1 Å². The fraction of sp³-hybridized carbons (Fsp3) is 0.371. The number of carbonyl (C=O) groups excluding carboxylic acids is 1. The lowest BCUT2D eigenvalue weighted by Crippen LogP contribution is -2.50. The minimum atomic E-state index is -3.47. The number of nitrogens with zero attached hydrogens (tertiary/aromatic N) is 4. The molecule has 1 aliphatic carbocycles. The number of benzene rings is 2. The van der Waals surface area contributed by atoms with Crippen LogP contribution in [0.4, 0.5) is 18.9 Å². The molecule has 0 spiro atoms. The van der Waals surface area contributed by atoms with E-state index in [1.807, 2.05) is 0 Å². The molecule has 0 radical (unpaired) electrons. The summed E-state index contributed by atoms with van der Waals surface area (Å²) in [7, 11) is -2.42. The molecule has 242 valence electrons. The molecule has 0 atom stereocenters. The van der Waals surface area contributed by atoms with Crippen molar-refractivity contribution in [2.75, 3.05) is 44.9 Å². The minimum absolute atomic E-state index is 0.0729. The lowest BCUT2D eigenvalue weighted by molar-refractivity contribution is -0.504. The maximum atomic E-state index is 17.4. The summed E-state index contributed by atoms with van der Waals surface area (Å²) < 4.78 is 161. The number of carboxylic acid groups (broad SMARTS) is 1. The molecular weight excluding hydrogens is 625 g/mol. The molecule has 12 heteroatoms. The number of anilines is 1. The number of aromatic carboxylic acids is 1. The normalized spacial score (nSPS) is 30.3. The first-order chi connectivity index (χ1) is 27.0. The Kier molecular flexibility index (Phi) is 5.40. The van der Waals surface area contributed by atoms with E-state index in [4.69, 9.17) is 25.9 Å². The van der Waals surface area contributed by atoms with Gasteiger partial charge < -0.3 is 24.3 Å². The molecule has 6 rings (SSSR count). The number of allylic oxidation sites excluding steroid dienone is 5. The van der Waals surface area contributed by atoms with Crippen molar-refractivity contribution in [3.63, 3.8) is 0 Å². The Labute approximate surface area is 288 Å². The molecule has 3 heterocycles. The average molecular weight is 671 g/mol. The predicted molar refractivity (Wildman–Crippen MR) is 169 cm³/mol. The third kappa shape index (κ3) is 5.12. The van der Waals surface area contributed by atoms with Crippen LogP contribution in [0.5, 0.6) is 0 Å². The van der Waals surface area contributed by atoms with Crippen molar-refractivity contribution in [3.05, 3.63) is 86.9 Å². The number of carboxylic acids is 1. The number of hydrogen-bond donors (Lipinski definition) is 0. The number of carbonyl (C=O) groups is 1. The van der Waals surface area contributed by atoms with Gasteiger partial charge in [0.25, 0.3) is 5.60 Å². The number of ether oxygens (including phenoxy) is 2. The van der Waals surface area contributed by atoms with Crippen LogP contribution >= 0.6 is 0 Å². The highest BCUT2D eigenvalue weighted by atomic mass is 28.3. The third-order valence-corrected chi connectivity index (χ3v) is 11.9. The van der Waals surface area contributed by atoms with Gasteiger partial charge in [0.05, 0.1) is 11.5 Å². The Morgan fingerprint density at radius 3 is 2.51 bits per heavy atom. The van der Waals surface area contributed by atoms with E-state index in [1.165, 1.54) is 48.6 Å². The van der Waals surface area contributed by atoms with Gasteiger partial charge in [0.15, 0.2) is 17.3 Å². The molecule has 47 heavy (non-hydrogen) atoms. The van der Waals surface area contributed by atoms with Crippen LogP contribution in [-0.4, -0.2) is 64.3 Å². The Hall–Kier alpha value is -4.49. The smallest absolute Gasteiger partial charge is 0.275 e. The summed E-state index contributed by atoms with van der Waals surface area (Å²) in [4.78, 5) is 13.6. The van der Waals surface area contributed by atoms with Crippen molar-refractivity contribution in [1.82, 2.24) is 0 Å². The Balaban J connectivity index is 1.77. The molecule has 2 fully saturated rings. The van der Waals surface area contributed by atoms with E-state index >= 15 is 13.2 Å². The first-order valence-corrected chi connectivity index (χ1v) is 17.1. The zero-order valence-electron chi connectivity index (χ0n) is 37.1. The highest BCUT2D eigenvalue weighted by Gasteiger charge is 2.47. The molecule has 8 nitrogen and oxygen atoms in total. The Morgan fingerprint density at radius 2 is 1.89 bits per heavy atom. The Bertz CT molecular complexity index is 2440. The fourth-order valence-electron chi connectivity index (χ4n) is 6.09. The van der Waals surface area contributed by atoms with Crippen LogP contribution in [0.25, 0.3) is 5.57 Å². The van der Waals surface area contributed by atoms with E-state index in [0.29, 0.717) is 0 Å². The summed E-state index contributed by atoms with van der Waals surface area (Å²) in [5, 5.41) is 33.2. The molecule has 0 bridgehead atoms. The van der Waals surface area contributed by atoms with Crippen molar-refractivity contribution in [2.45, 2.75) is 44.2 Å². The molecule has 0 saturated carbocycles. The monoisotopic (exact) mass is 670 g/mol. The second-order valence-electron chi connectivity index (χ2n) is 11.3. The molecule has 2 aromatic carbocycles. The highest BCUT2D eigenvalue weighted by Crippen LogP contribution is 2.46. The summed E-state index contributed by atoms with van der Waals surface area (Å²) >= 11 is 0. The van der Waals surface area contributed by atoms with Crippen LogP contribution in [0.1, 0.15) is 69.0 Å². The van der Waals surface area contributed by atoms with E-state index in [2.05, 4.69) is 0 Å². The number of rotatable bonds is 7. The molecule has 4 aliphatic rings. The van der Waals surface area contributed by atoms with Gasteiger partial charge in [0, 0.05) is 75.6 Å². The zero-order valence-corrected chi connectivity index (χ0v) is 26.1. The van der Waals surface area contributed by atoms with Gasteiger partial charge in [-0.1, -0.05) is 19.2 Å². The van der Waals surface area contributed by atoms with Crippen molar-refractivity contribution in [2.24, 2.45) is 0 Å². The number of halogens is 3. The molecule has 2 saturated heterocycles. The summed E-state index contributed by atoms with van der Waals surface area (Å²) in [5.74, 6) is -8.91. The van der Waals surface area contributed by atoms with Gasteiger partial charge in [0.1, 0.15) is 48.6 Å². The molecule has 0 aromatic heterocycles. The van der Waals surface area contributed by atoms with Crippen LogP contribution in [0, 0.1) is 40.1 Å². The second-order valence-corrected chi connectivity index (χ2v) is 15.6. The van der Waals surface area contributed by atoms with E-state index in [0.717, 1.165) is 16.6 Å². The van der Waals surface area contributed by atoms with E-state index < -0.39 is 118 Å². The Morgan fingerprint density at radius 1 is 1.13 bits per heavy atom. The summed E-state index contributed by atoms with van der Waals surface area (Å²) in [6, 6.07) is 6.35. The lowest BCUT2D eigenvalue weighted by atomic mass is 9.83. The molecule has 0 N–H and O–H groups in total. The third-order valence-electron chi connectivity index (χ3n) is 8.38. The van der Waals surface area contributed by atoms with Crippen molar-refractivity contribution in [3.8, 4) is 12.1 Å². The highest BCUT2D eigenvalue weighted by molar-refractivity contribution is 6.98. The van der Waals surface area contributed by atoms with E-state index in [-0.39, 0.29) is 32.9 Å². The minimum Gasteiger partial charge on any atom is -0.545 e. The van der Waals surface area contributed by atoms with Gasteiger partial charge in [-0.2, -0.15) is 10.5 Å². The van der Waals surface area contributed by atoms with E-state index in [9.17, 15) is 20.4 Å². The van der Waals surface area contributed by atoms with Crippen LogP contribution in [-0.2, 0) is 15.1 Å². The van der Waals surface area contributed by atoms with Gasteiger partial charge in [-0.25, -0.2) is 17.7 Å². The number of nitriles is 2. The van der Waals surface area contributed by atoms with Crippen LogP contribution < -0.4 is 15.2 Å². The van der Waals surface area contributed by atoms with Crippen LogP contribution in [0.15, 0.2) is 47.2 Å². The van der Waals surface area contributed by atoms with Gasteiger partial charge in [-0.3, -0.25) is 0 Å². The average Bonchev–Trinajstić information content (AvgIpc) is 3.37. The standard InChI is InChI=1S/C35H33F3N4O4Si/c1-45-20-46-35(18-39,19-40)30-31(36)28(29(34(43)44)32(37)33(30)38)27-23-10-8-21(41-12-4-5-13-41)16-25(23)47(2,3)26-17-22(9-11-24(26)27)42-14-6-7-15-42/h8-11,16-17H,4-7,12-15,20H2,1-3H3/i4D2,5D2,6D2,7D2,12D2,14D2. The van der Waals surface area contributed by atoms with Crippen molar-refractivity contribution >= 4 is 36.2 Å². The largest absolute Gasteiger partial charge is 0.545 e. The second kappa shape index (κ2) is 12.3. The van der Waals surface area contributed by atoms with E-state index in [1.54, 1.807) is 13.1 Å². The maximum Gasteiger partial charge on any atom is 0.275 e. The molecule has 3 aliphatic heterocycles. The van der Waals surface area contributed by atoms with Crippen molar-refractivity contribution < 1.29 is 53.6 Å². The number of hydrogen-bond acceptors (Lipinski definition) is 7. The topological polar surface area (TPSA) is 112 Å². The summed E-state index contributed by atoms with van der Waals surface area (Å²) in [6.45, 7) is -5.04. The van der Waals surface area contributed by atoms with Crippen LogP contribution in [0.3, 0.4) is 0 Å². The molecular formula is C35H33F3N4O4Si. The maximum absolute atomic E-state index is 17.4. The summed E-state index contributed by atoms with van der Waals surface area (Å²) in [5.41, 5.74) is -8.66. The molecule has 2 aromatic rings. The van der Waals surface area contributed by atoms with Crippen molar-refractivity contribution in [1.29, 1.82) is 10.5 Å². The SMILES string of the molecule is [2H]C1([2H])CN(c2ccc3c(c2)[Si](C)(C)C2=CC(=[N+]4CC([2H])([2H])C([2H])([2H])C4([2H])[2H])C=CC2=C3c2c(F)c(C(C#N)(C#N)OCOC)c(F)c(F)c2C(=O)[O-])C([2H])([2H])C1([2H])[2H]. The quantitative estimate of drug-likeness (QED) is 0.190. The number of fused-ring (bicyclic) bond motifs is 2. The van der Waals surface area contributed by atoms with Gasteiger partial charge in [-0.15, -0.1) is 0 Å². The molecule has 0 unspecified atom stereocenters. The van der Waals surface area contributed by atoms with Gasteiger partial charge in [0.2, 0.25) is 0 Å². The first-order valence-electron chi connectivity index (χ1n) is 20.1. The lowest BCUT2D eigenvalue weighted by Gasteiger charge is -2.39. The zero-order chi connectivity index (χ0) is 44.4.